The summed E-state index contributed by atoms with van der Waals surface area (Å²) in [4.78, 5) is 29.4. The predicted octanol–water partition coefficient (Wildman–Crippen LogP) is 3.43. The van der Waals surface area contributed by atoms with Crippen LogP contribution in [0.1, 0.15) is 25.3 Å². The number of rotatable bonds is 4. The molecule has 1 N–H and O–H groups in total. The van der Waals surface area contributed by atoms with Crippen molar-refractivity contribution in [1.29, 1.82) is 0 Å². The molecule has 2 aliphatic rings. The lowest BCUT2D eigenvalue weighted by Crippen LogP contribution is -2.52. The van der Waals surface area contributed by atoms with Crippen molar-refractivity contribution in [2.75, 3.05) is 31.6 Å². The Morgan fingerprint density at radius 3 is 2.52 bits per heavy atom. The first kappa shape index (κ1) is 21.0. The number of carbonyl (C=O) groups excluding carboxylic acids is 2. The zero-order valence-corrected chi connectivity index (χ0v) is 18.0. The highest BCUT2D eigenvalue weighted by molar-refractivity contribution is 5.94. The number of amides is 3. The van der Waals surface area contributed by atoms with Gasteiger partial charge in [0.15, 0.2) is 0 Å². The van der Waals surface area contributed by atoms with Gasteiger partial charge in [-0.25, -0.2) is 4.79 Å². The van der Waals surface area contributed by atoms with Crippen LogP contribution in [0.15, 0.2) is 48.5 Å². The number of nitrogens with one attached hydrogen (secondary N) is 1. The first-order chi connectivity index (χ1) is 15.0. The van der Waals surface area contributed by atoms with Crippen LogP contribution in [0.4, 0.5) is 10.5 Å². The molecule has 7 nitrogen and oxygen atoms in total. The van der Waals surface area contributed by atoms with Crippen LogP contribution in [-0.2, 0) is 11.3 Å². The van der Waals surface area contributed by atoms with Gasteiger partial charge < -0.3 is 19.7 Å². The van der Waals surface area contributed by atoms with Crippen molar-refractivity contribution in [3.05, 3.63) is 54.1 Å². The summed E-state index contributed by atoms with van der Waals surface area (Å²) in [5.41, 5.74) is 1.84. The topological polar surface area (TPSA) is 71.1 Å². The van der Waals surface area contributed by atoms with Crippen LogP contribution in [0, 0.1) is 5.92 Å². The molecule has 2 aliphatic heterocycles. The summed E-state index contributed by atoms with van der Waals surface area (Å²) in [6.07, 6.45) is 1.28. The fourth-order valence-corrected chi connectivity index (χ4v) is 4.15. The van der Waals surface area contributed by atoms with E-state index in [-0.39, 0.29) is 24.0 Å². The van der Waals surface area contributed by atoms with E-state index in [0.29, 0.717) is 39.0 Å². The highest BCUT2D eigenvalue weighted by Gasteiger charge is 2.33. The van der Waals surface area contributed by atoms with Crippen molar-refractivity contribution in [2.24, 2.45) is 5.92 Å². The molecule has 3 amide bonds. The zero-order valence-electron chi connectivity index (χ0n) is 18.0. The minimum atomic E-state index is -0.0711. The zero-order chi connectivity index (χ0) is 21.8. The first-order valence-corrected chi connectivity index (χ1v) is 10.8. The Hall–Kier alpha value is -3.22. The molecule has 31 heavy (non-hydrogen) atoms. The molecule has 7 heteroatoms. The van der Waals surface area contributed by atoms with Gasteiger partial charge in [0.2, 0.25) is 5.91 Å². The number of likely N-dealkylation sites (tertiary alicyclic amines) is 1. The summed E-state index contributed by atoms with van der Waals surface area (Å²) in [5.74, 6) is 1.51. The number of ether oxygens (including phenoxy) is 2. The van der Waals surface area contributed by atoms with E-state index >= 15 is 0 Å². The second-order valence-electron chi connectivity index (χ2n) is 8.12. The lowest BCUT2D eigenvalue weighted by atomic mass is 9.96. The lowest BCUT2D eigenvalue weighted by molar-refractivity contribution is -0.126. The van der Waals surface area contributed by atoms with Crippen molar-refractivity contribution in [3.63, 3.8) is 0 Å². The monoisotopic (exact) mass is 423 g/mol. The molecular formula is C24H29N3O4. The van der Waals surface area contributed by atoms with Crippen LogP contribution in [-0.4, -0.2) is 49.7 Å². The maximum atomic E-state index is 13.2. The van der Waals surface area contributed by atoms with Gasteiger partial charge in [-0.1, -0.05) is 24.3 Å². The standard InChI is InChI=1S/C24H29N3O4/c1-17-16-27(21-5-3-4-6-22(21)31-17)24(29)26-13-11-19(12-14-26)23(28)25-15-18-7-9-20(30-2)10-8-18/h3-10,17,19H,11-16H2,1-2H3,(H,25,28). The van der Waals surface area contributed by atoms with Crippen LogP contribution in [0.3, 0.4) is 0 Å². The van der Waals surface area contributed by atoms with Gasteiger partial charge in [-0.2, -0.15) is 0 Å². The maximum Gasteiger partial charge on any atom is 0.324 e. The van der Waals surface area contributed by atoms with E-state index in [1.54, 1.807) is 12.0 Å². The van der Waals surface area contributed by atoms with Crippen molar-refractivity contribution in [1.82, 2.24) is 10.2 Å². The van der Waals surface area contributed by atoms with Gasteiger partial charge in [0, 0.05) is 25.6 Å². The largest absolute Gasteiger partial charge is 0.497 e. The number of piperidine rings is 1. The molecule has 0 aromatic heterocycles. The quantitative estimate of drug-likeness (QED) is 0.818. The number of fused-ring (bicyclic) bond motifs is 1. The molecule has 0 bridgehead atoms. The highest BCUT2D eigenvalue weighted by Crippen LogP contribution is 2.34. The summed E-state index contributed by atoms with van der Waals surface area (Å²) < 4.78 is 11.0. The fourth-order valence-electron chi connectivity index (χ4n) is 4.15. The number of hydrogen-bond donors (Lipinski definition) is 1. The Kier molecular flexibility index (Phi) is 6.30. The minimum absolute atomic E-state index is 0.0142. The summed E-state index contributed by atoms with van der Waals surface area (Å²) >= 11 is 0. The molecule has 0 spiro atoms. The van der Waals surface area contributed by atoms with Gasteiger partial charge in [0.05, 0.1) is 19.3 Å². The second-order valence-corrected chi connectivity index (χ2v) is 8.12. The number of anilines is 1. The number of nitrogens with zero attached hydrogens (tertiary/aromatic N) is 2. The number of carbonyl (C=O) groups is 2. The third-order valence-electron chi connectivity index (χ3n) is 5.92. The molecule has 2 heterocycles. The molecule has 1 unspecified atom stereocenters. The third-order valence-corrected chi connectivity index (χ3v) is 5.92. The third kappa shape index (κ3) is 4.76. The number of hydrogen-bond acceptors (Lipinski definition) is 4. The molecule has 4 rings (SSSR count). The lowest BCUT2D eigenvalue weighted by Gasteiger charge is -2.39. The average Bonchev–Trinajstić information content (AvgIpc) is 2.82. The molecule has 2 aromatic rings. The smallest absolute Gasteiger partial charge is 0.324 e. The summed E-state index contributed by atoms with van der Waals surface area (Å²) in [5, 5.41) is 3.02. The van der Waals surface area contributed by atoms with E-state index in [2.05, 4.69) is 5.32 Å². The van der Waals surface area contributed by atoms with Gasteiger partial charge in [0.25, 0.3) is 0 Å². The Labute approximate surface area is 182 Å². The van der Waals surface area contributed by atoms with Gasteiger partial charge in [-0.3, -0.25) is 9.69 Å². The molecule has 0 radical (unpaired) electrons. The molecule has 0 aliphatic carbocycles. The SMILES string of the molecule is COc1ccc(CNC(=O)C2CCN(C(=O)N3CC(C)Oc4ccccc43)CC2)cc1. The first-order valence-electron chi connectivity index (χ1n) is 10.8. The fraction of sp³-hybridized carbons (Fsp3) is 0.417. The second kappa shape index (κ2) is 9.29. The number of benzene rings is 2. The van der Waals surface area contributed by atoms with Crippen LogP contribution >= 0.6 is 0 Å². The van der Waals surface area contributed by atoms with E-state index in [1.165, 1.54) is 0 Å². The molecule has 164 valence electrons. The van der Waals surface area contributed by atoms with E-state index in [4.69, 9.17) is 9.47 Å². The van der Waals surface area contributed by atoms with Gasteiger partial charge >= 0.3 is 6.03 Å². The normalized spacial score (nSPS) is 18.7. The average molecular weight is 424 g/mol. The molecule has 2 aromatic carbocycles. The molecular weight excluding hydrogens is 394 g/mol. The number of urea groups is 1. The van der Waals surface area contributed by atoms with Crippen LogP contribution < -0.4 is 19.7 Å². The molecule has 1 atom stereocenters. The molecule has 1 fully saturated rings. The summed E-state index contributed by atoms with van der Waals surface area (Å²) in [7, 11) is 1.63. The predicted molar refractivity (Wildman–Crippen MR) is 118 cm³/mol. The van der Waals surface area contributed by atoms with Gasteiger partial charge in [0.1, 0.15) is 17.6 Å². The Morgan fingerprint density at radius 2 is 1.81 bits per heavy atom. The van der Waals surface area contributed by atoms with Gasteiger partial charge in [-0.15, -0.1) is 0 Å². The van der Waals surface area contributed by atoms with Crippen molar-refractivity contribution >= 4 is 17.6 Å². The van der Waals surface area contributed by atoms with E-state index < -0.39 is 0 Å². The Morgan fingerprint density at radius 1 is 1.10 bits per heavy atom. The number of para-hydroxylation sites is 2. The van der Waals surface area contributed by atoms with Crippen LogP contribution in [0.2, 0.25) is 0 Å². The highest BCUT2D eigenvalue weighted by atomic mass is 16.5. The number of methoxy groups -OCH3 is 1. The van der Waals surface area contributed by atoms with Crippen LogP contribution in [0.5, 0.6) is 11.5 Å². The molecule has 1 saturated heterocycles. The summed E-state index contributed by atoms with van der Waals surface area (Å²) in [6, 6.07) is 15.3. The van der Waals surface area contributed by atoms with Crippen LogP contribution in [0.25, 0.3) is 0 Å². The van der Waals surface area contributed by atoms with Crippen molar-refractivity contribution < 1.29 is 19.1 Å². The van der Waals surface area contributed by atoms with Crippen molar-refractivity contribution in [2.45, 2.75) is 32.4 Å². The van der Waals surface area contributed by atoms with E-state index in [9.17, 15) is 9.59 Å². The maximum absolute atomic E-state index is 13.2. The minimum Gasteiger partial charge on any atom is -0.497 e. The molecule has 0 saturated carbocycles. The summed E-state index contributed by atoms with van der Waals surface area (Å²) in [6.45, 7) is 4.14. The van der Waals surface area contributed by atoms with Crippen molar-refractivity contribution in [3.8, 4) is 11.5 Å². The van der Waals surface area contributed by atoms with Gasteiger partial charge in [-0.05, 0) is 49.6 Å². The van der Waals surface area contributed by atoms with E-state index in [1.807, 2.05) is 60.4 Å². The Balaban J connectivity index is 1.30. The Bertz CT molecular complexity index is 923. The van der Waals surface area contributed by atoms with E-state index in [0.717, 1.165) is 22.7 Å².